The smallest absolute Gasteiger partial charge is 0.250 e. The minimum Gasteiger partial charge on any atom is -0.348 e. The molecule has 2 aromatic rings. The van der Waals surface area contributed by atoms with Crippen LogP contribution in [0.1, 0.15) is 16.1 Å². The van der Waals surface area contributed by atoms with Gasteiger partial charge in [-0.15, -0.1) is 11.3 Å². The molecule has 0 amide bonds. The van der Waals surface area contributed by atoms with Crippen LogP contribution in [0, 0.1) is 6.92 Å². The van der Waals surface area contributed by atoms with E-state index in [9.17, 15) is 8.42 Å². The van der Waals surface area contributed by atoms with Gasteiger partial charge in [-0.05, 0) is 18.6 Å². The Kier molecular flexibility index (Phi) is 4.35. The van der Waals surface area contributed by atoms with Crippen LogP contribution in [0.25, 0.3) is 0 Å². The van der Waals surface area contributed by atoms with Gasteiger partial charge in [0.15, 0.2) is 0 Å². The van der Waals surface area contributed by atoms with Crippen molar-refractivity contribution < 1.29 is 8.42 Å². The van der Waals surface area contributed by atoms with Crippen LogP contribution < -0.4 is 10.5 Å². The highest BCUT2D eigenvalue weighted by Gasteiger charge is 2.17. The second-order valence-electron chi connectivity index (χ2n) is 4.10. The summed E-state index contributed by atoms with van der Waals surface area (Å²) in [5.74, 6) is 0. The molecule has 0 spiro atoms. The number of nitrogens with two attached hydrogens (primary N) is 1. The largest absolute Gasteiger partial charge is 0.348 e. The summed E-state index contributed by atoms with van der Waals surface area (Å²) in [5, 5.41) is 0. The van der Waals surface area contributed by atoms with E-state index in [1.165, 1.54) is 11.3 Å². The third-order valence-electron chi connectivity index (χ3n) is 2.69. The second-order valence-corrected chi connectivity index (χ2v) is 7.23. The Hall–Kier alpha value is -1.22. The summed E-state index contributed by atoms with van der Waals surface area (Å²) >= 11 is 1.22. The highest BCUT2D eigenvalue weighted by molar-refractivity contribution is 7.91. The summed E-state index contributed by atoms with van der Waals surface area (Å²) in [4.78, 5) is 7.70. The van der Waals surface area contributed by atoms with E-state index in [0.717, 1.165) is 16.1 Å². The molecular formula is C11H16N4O2S2. The predicted molar refractivity (Wildman–Crippen MR) is 74.4 cm³/mol. The van der Waals surface area contributed by atoms with Gasteiger partial charge >= 0.3 is 0 Å². The van der Waals surface area contributed by atoms with E-state index in [4.69, 9.17) is 5.73 Å². The zero-order valence-electron chi connectivity index (χ0n) is 10.5. The number of hydrogen-bond acceptors (Lipinski definition) is 5. The van der Waals surface area contributed by atoms with Crippen molar-refractivity contribution in [3.05, 3.63) is 34.7 Å². The number of aryl methyl sites for hydroxylation is 1. The van der Waals surface area contributed by atoms with Gasteiger partial charge in [-0.25, -0.2) is 18.1 Å². The molecule has 19 heavy (non-hydrogen) atoms. The third-order valence-corrected chi connectivity index (χ3v) is 5.88. The first-order valence-electron chi connectivity index (χ1n) is 5.79. The molecule has 2 rings (SSSR count). The fourth-order valence-electron chi connectivity index (χ4n) is 1.64. The van der Waals surface area contributed by atoms with Crippen molar-refractivity contribution in [1.82, 2.24) is 14.7 Å². The zero-order valence-corrected chi connectivity index (χ0v) is 12.1. The maximum absolute atomic E-state index is 12.1. The molecule has 104 valence electrons. The van der Waals surface area contributed by atoms with E-state index in [0.29, 0.717) is 23.7 Å². The third kappa shape index (κ3) is 3.41. The summed E-state index contributed by atoms with van der Waals surface area (Å²) in [5.41, 5.74) is 7.37. The number of rotatable bonds is 6. The molecule has 6 nitrogen and oxygen atoms in total. The van der Waals surface area contributed by atoms with Crippen molar-refractivity contribution >= 4 is 21.4 Å². The Bertz CT molecular complexity index is 632. The quantitative estimate of drug-likeness (QED) is 0.733. The van der Waals surface area contributed by atoms with Gasteiger partial charge < -0.3 is 10.7 Å². The Morgan fingerprint density at radius 3 is 2.89 bits per heavy atom. The number of nitrogens with zero attached hydrogens (tertiary/aromatic N) is 1. The van der Waals surface area contributed by atoms with E-state index in [1.807, 2.05) is 6.92 Å². The molecule has 0 aromatic carbocycles. The number of imidazole rings is 1. The maximum atomic E-state index is 12.1. The molecule has 2 aromatic heterocycles. The summed E-state index contributed by atoms with van der Waals surface area (Å²) in [6.45, 7) is 2.56. The monoisotopic (exact) mass is 300 g/mol. The SMILES string of the molecule is Cc1cc(S(=O)(=O)NCCc2cnc[nH]2)sc1CN. The molecule has 0 radical (unpaired) electrons. The minimum absolute atomic E-state index is 0.315. The van der Waals surface area contributed by atoms with Crippen LogP contribution in [0.15, 0.2) is 22.8 Å². The fraction of sp³-hybridized carbons (Fsp3) is 0.364. The van der Waals surface area contributed by atoms with Gasteiger partial charge in [0.05, 0.1) is 6.33 Å². The summed E-state index contributed by atoms with van der Waals surface area (Å²) in [6.07, 6.45) is 3.82. The van der Waals surface area contributed by atoms with Crippen molar-refractivity contribution in [2.75, 3.05) is 6.54 Å². The fourth-order valence-corrected chi connectivity index (χ4v) is 4.18. The first-order chi connectivity index (χ1) is 9.03. The van der Waals surface area contributed by atoms with Gasteiger partial charge in [0, 0.05) is 36.3 Å². The standard InChI is InChI=1S/C11H16N4O2S2/c1-8-4-11(18-10(8)5-12)19(16,17)15-3-2-9-6-13-7-14-9/h4,6-7,15H,2-3,5,12H2,1H3,(H,13,14). The average molecular weight is 300 g/mol. The van der Waals surface area contributed by atoms with Crippen LogP contribution >= 0.6 is 11.3 Å². The number of thiophene rings is 1. The Labute approximate surface area is 116 Å². The van der Waals surface area contributed by atoms with Crippen molar-refractivity contribution in [2.45, 2.75) is 24.1 Å². The zero-order chi connectivity index (χ0) is 13.9. The molecule has 2 heterocycles. The number of H-pyrrole nitrogens is 1. The van der Waals surface area contributed by atoms with Crippen LogP contribution in [0.2, 0.25) is 0 Å². The molecule has 0 aliphatic rings. The molecule has 0 unspecified atom stereocenters. The van der Waals surface area contributed by atoms with Crippen molar-refractivity contribution in [1.29, 1.82) is 0 Å². The normalized spacial score (nSPS) is 11.9. The summed E-state index contributed by atoms with van der Waals surface area (Å²) < 4.78 is 27.0. The lowest BCUT2D eigenvalue weighted by Crippen LogP contribution is -2.25. The van der Waals surface area contributed by atoms with Crippen molar-refractivity contribution in [2.24, 2.45) is 5.73 Å². The number of nitrogens with one attached hydrogen (secondary N) is 2. The molecule has 0 aliphatic carbocycles. The highest BCUT2D eigenvalue weighted by Crippen LogP contribution is 2.25. The van der Waals surface area contributed by atoms with Gasteiger partial charge in [0.25, 0.3) is 0 Å². The highest BCUT2D eigenvalue weighted by atomic mass is 32.2. The van der Waals surface area contributed by atoms with Crippen LogP contribution in [0.5, 0.6) is 0 Å². The molecule has 0 aliphatic heterocycles. The van der Waals surface area contributed by atoms with Gasteiger partial charge in [-0.1, -0.05) is 0 Å². The predicted octanol–water partition coefficient (Wildman–Crippen LogP) is 0.759. The number of hydrogen-bond donors (Lipinski definition) is 3. The Morgan fingerprint density at radius 1 is 1.53 bits per heavy atom. The van der Waals surface area contributed by atoms with Gasteiger partial charge in [0.1, 0.15) is 4.21 Å². The Morgan fingerprint density at radius 2 is 2.32 bits per heavy atom. The van der Waals surface area contributed by atoms with Gasteiger partial charge in [-0.3, -0.25) is 0 Å². The number of aromatic nitrogens is 2. The van der Waals surface area contributed by atoms with Gasteiger partial charge in [0.2, 0.25) is 10.0 Å². The maximum Gasteiger partial charge on any atom is 0.250 e. The lowest BCUT2D eigenvalue weighted by atomic mass is 10.3. The Balaban J connectivity index is 2.01. The summed E-state index contributed by atoms with van der Waals surface area (Å²) in [6, 6.07) is 1.66. The van der Waals surface area contributed by atoms with E-state index in [2.05, 4.69) is 14.7 Å². The average Bonchev–Trinajstić information content (AvgIpc) is 2.98. The van der Waals surface area contributed by atoms with E-state index < -0.39 is 10.0 Å². The molecule has 8 heteroatoms. The molecule has 0 fully saturated rings. The molecule has 0 bridgehead atoms. The minimum atomic E-state index is -3.45. The van der Waals surface area contributed by atoms with E-state index in [-0.39, 0.29) is 0 Å². The number of sulfonamides is 1. The first kappa shape index (κ1) is 14.2. The molecule has 0 atom stereocenters. The van der Waals surface area contributed by atoms with Crippen molar-refractivity contribution in [3.63, 3.8) is 0 Å². The van der Waals surface area contributed by atoms with Crippen LogP contribution in [-0.4, -0.2) is 24.9 Å². The van der Waals surface area contributed by atoms with E-state index >= 15 is 0 Å². The summed E-state index contributed by atoms with van der Waals surface area (Å²) in [7, 11) is -3.45. The first-order valence-corrected chi connectivity index (χ1v) is 8.09. The van der Waals surface area contributed by atoms with Crippen molar-refractivity contribution in [3.8, 4) is 0 Å². The van der Waals surface area contributed by atoms with Crippen LogP contribution in [-0.2, 0) is 23.0 Å². The number of aromatic amines is 1. The van der Waals surface area contributed by atoms with Crippen LogP contribution in [0.4, 0.5) is 0 Å². The molecule has 0 saturated carbocycles. The molecular weight excluding hydrogens is 284 g/mol. The topological polar surface area (TPSA) is 101 Å². The van der Waals surface area contributed by atoms with Crippen LogP contribution in [0.3, 0.4) is 0 Å². The van der Waals surface area contributed by atoms with E-state index in [1.54, 1.807) is 18.6 Å². The lowest BCUT2D eigenvalue weighted by Gasteiger charge is -2.03. The second kappa shape index (κ2) is 5.83. The van der Waals surface area contributed by atoms with Gasteiger partial charge in [-0.2, -0.15) is 0 Å². The molecule has 0 saturated heterocycles. The molecule has 4 N–H and O–H groups in total. The lowest BCUT2D eigenvalue weighted by molar-refractivity contribution is 0.583.